The van der Waals surface area contributed by atoms with Gasteiger partial charge in [0.1, 0.15) is 0 Å². The van der Waals surface area contributed by atoms with Crippen molar-refractivity contribution in [2.24, 2.45) is 0 Å². The Labute approximate surface area is 94.7 Å². The van der Waals surface area contributed by atoms with Gasteiger partial charge in [0.2, 0.25) is 5.91 Å². The highest BCUT2D eigenvalue weighted by Gasteiger charge is 2.37. The normalized spacial score (nSPS) is 17.6. The molecule has 1 aliphatic rings. The SMILES string of the molecule is O=C(Cc1cccnc1)NC1(CO)CCC1. The monoisotopic (exact) mass is 220 g/mol. The second-order valence-corrected chi connectivity index (χ2v) is 4.38. The van der Waals surface area contributed by atoms with E-state index in [1.54, 1.807) is 12.4 Å². The molecule has 1 amide bonds. The first kappa shape index (κ1) is 11.1. The van der Waals surface area contributed by atoms with Crippen LogP contribution in [-0.2, 0) is 11.2 Å². The van der Waals surface area contributed by atoms with Crippen LogP contribution in [0.3, 0.4) is 0 Å². The van der Waals surface area contributed by atoms with E-state index in [1.165, 1.54) is 0 Å². The van der Waals surface area contributed by atoms with Crippen molar-refractivity contribution in [3.8, 4) is 0 Å². The molecule has 0 aliphatic heterocycles. The summed E-state index contributed by atoms with van der Waals surface area (Å²) in [5.74, 6) is -0.0400. The highest BCUT2D eigenvalue weighted by molar-refractivity contribution is 5.79. The van der Waals surface area contributed by atoms with Crippen LogP contribution in [0.4, 0.5) is 0 Å². The third kappa shape index (κ3) is 2.39. The lowest BCUT2D eigenvalue weighted by molar-refractivity contribution is -0.124. The van der Waals surface area contributed by atoms with Crippen molar-refractivity contribution < 1.29 is 9.90 Å². The highest BCUT2D eigenvalue weighted by Crippen LogP contribution is 2.31. The molecule has 0 spiro atoms. The summed E-state index contributed by atoms with van der Waals surface area (Å²) in [4.78, 5) is 15.7. The molecule has 1 aromatic rings. The van der Waals surface area contributed by atoms with Gasteiger partial charge in [0.15, 0.2) is 0 Å². The smallest absolute Gasteiger partial charge is 0.224 e. The molecule has 1 aromatic heterocycles. The predicted octanol–water partition coefficient (Wildman–Crippen LogP) is 0.655. The summed E-state index contributed by atoms with van der Waals surface area (Å²) in [6.45, 7) is 0.0335. The molecule has 0 radical (unpaired) electrons. The number of rotatable bonds is 4. The molecule has 4 nitrogen and oxygen atoms in total. The second-order valence-electron chi connectivity index (χ2n) is 4.38. The van der Waals surface area contributed by atoms with Gasteiger partial charge in [0, 0.05) is 12.4 Å². The van der Waals surface area contributed by atoms with Crippen LogP contribution in [0, 0.1) is 0 Å². The number of hydrogen-bond acceptors (Lipinski definition) is 3. The molecule has 2 rings (SSSR count). The molecular formula is C12H16N2O2. The fraction of sp³-hybridized carbons (Fsp3) is 0.500. The largest absolute Gasteiger partial charge is 0.394 e. The minimum absolute atomic E-state index is 0.0335. The van der Waals surface area contributed by atoms with E-state index < -0.39 is 0 Å². The van der Waals surface area contributed by atoms with Gasteiger partial charge >= 0.3 is 0 Å². The number of aliphatic hydroxyl groups is 1. The molecule has 1 heterocycles. The van der Waals surface area contributed by atoms with E-state index in [0.717, 1.165) is 24.8 Å². The van der Waals surface area contributed by atoms with Gasteiger partial charge in [-0.2, -0.15) is 0 Å². The first-order valence-corrected chi connectivity index (χ1v) is 5.55. The lowest BCUT2D eigenvalue weighted by Crippen LogP contribution is -2.56. The summed E-state index contributed by atoms with van der Waals surface area (Å²) >= 11 is 0. The fourth-order valence-electron chi connectivity index (χ4n) is 1.95. The van der Waals surface area contributed by atoms with Gasteiger partial charge in [-0.25, -0.2) is 0 Å². The molecule has 2 N–H and O–H groups in total. The number of aromatic nitrogens is 1. The number of hydrogen-bond donors (Lipinski definition) is 2. The lowest BCUT2D eigenvalue weighted by atomic mass is 9.77. The van der Waals surface area contributed by atoms with Crippen LogP contribution in [0.2, 0.25) is 0 Å². The number of nitrogens with zero attached hydrogens (tertiary/aromatic N) is 1. The van der Waals surface area contributed by atoms with Gasteiger partial charge in [-0.1, -0.05) is 6.07 Å². The Morgan fingerprint density at radius 3 is 2.88 bits per heavy atom. The van der Waals surface area contributed by atoms with E-state index in [-0.39, 0.29) is 18.1 Å². The quantitative estimate of drug-likeness (QED) is 0.783. The zero-order valence-electron chi connectivity index (χ0n) is 9.15. The summed E-state index contributed by atoms with van der Waals surface area (Å²) in [5, 5.41) is 12.1. The summed E-state index contributed by atoms with van der Waals surface area (Å²) in [6, 6.07) is 3.69. The fourth-order valence-corrected chi connectivity index (χ4v) is 1.95. The topological polar surface area (TPSA) is 62.2 Å². The number of carbonyl (C=O) groups excluding carboxylic acids is 1. The van der Waals surface area contributed by atoms with Gasteiger partial charge in [-0.05, 0) is 30.9 Å². The van der Waals surface area contributed by atoms with Crippen molar-refractivity contribution in [3.05, 3.63) is 30.1 Å². The van der Waals surface area contributed by atoms with Crippen LogP contribution in [0.1, 0.15) is 24.8 Å². The van der Waals surface area contributed by atoms with Gasteiger partial charge in [0.05, 0.1) is 18.6 Å². The summed E-state index contributed by atoms with van der Waals surface area (Å²) in [7, 11) is 0. The van der Waals surface area contributed by atoms with E-state index in [0.29, 0.717) is 6.42 Å². The minimum Gasteiger partial charge on any atom is -0.394 e. The van der Waals surface area contributed by atoms with Gasteiger partial charge < -0.3 is 10.4 Å². The molecule has 0 saturated heterocycles. The number of nitrogens with one attached hydrogen (secondary N) is 1. The Morgan fingerprint density at radius 1 is 1.56 bits per heavy atom. The van der Waals surface area contributed by atoms with Crippen LogP contribution in [-0.4, -0.2) is 28.1 Å². The summed E-state index contributed by atoms with van der Waals surface area (Å²) in [5.41, 5.74) is 0.548. The van der Waals surface area contributed by atoms with Crippen molar-refractivity contribution in [1.82, 2.24) is 10.3 Å². The van der Waals surface area contributed by atoms with Crippen LogP contribution in [0.25, 0.3) is 0 Å². The van der Waals surface area contributed by atoms with E-state index >= 15 is 0 Å². The van der Waals surface area contributed by atoms with Crippen molar-refractivity contribution in [1.29, 1.82) is 0 Å². The van der Waals surface area contributed by atoms with E-state index in [1.807, 2.05) is 12.1 Å². The Kier molecular flexibility index (Phi) is 3.19. The Hall–Kier alpha value is -1.42. The van der Waals surface area contributed by atoms with Gasteiger partial charge in [-0.3, -0.25) is 9.78 Å². The van der Waals surface area contributed by atoms with E-state index in [2.05, 4.69) is 10.3 Å². The second kappa shape index (κ2) is 4.61. The molecule has 86 valence electrons. The number of amides is 1. The number of carbonyl (C=O) groups is 1. The number of pyridine rings is 1. The molecule has 0 aromatic carbocycles. The van der Waals surface area contributed by atoms with Crippen LogP contribution < -0.4 is 5.32 Å². The zero-order valence-corrected chi connectivity index (χ0v) is 9.15. The first-order valence-electron chi connectivity index (χ1n) is 5.55. The van der Waals surface area contributed by atoms with Crippen LogP contribution in [0.15, 0.2) is 24.5 Å². The molecule has 1 saturated carbocycles. The maximum absolute atomic E-state index is 11.7. The van der Waals surface area contributed by atoms with E-state index in [4.69, 9.17) is 0 Å². The third-order valence-electron chi connectivity index (χ3n) is 3.11. The van der Waals surface area contributed by atoms with Crippen molar-refractivity contribution >= 4 is 5.91 Å². The molecule has 0 bridgehead atoms. The Bertz CT molecular complexity index is 355. The minimum atomic E-state index is -0.348. The predicted molar refractivity (Wildman–Crippen MR) is 59.8 cm³/mol. The molecule has 4 heteroatoms. The standard InChI is InChI=1S/C12H16N2O2/c15-9-12(4-2-5-12)14-11(16)7-10-3-1-6-13-8-10/h1,3,6,8,15H,2,4-5,7,9H2,(H,14,16). The average Bonchev–Trinajstić information content (AvgIpc) is 2.25. The number of aliphatic hydroxyl groups excluding tert-OH is 1. The zero-order chi connectivity index (χ0) is 11.4. The first-order chi connectivity index (χ1) is 7.74. The molecule has 1 aliphatic carbocycles. The Balaban J connectivity index is 1.89. The summed E-state index contributed by atoms with van der Waals surface area (Å²) in [6.07, 6.45) is 6.53. The third-order valence-corrected chi connectivity index (χ3v) is 3.11. The van der Waals surface area contributed by atoms with Crippen LogP contribution >= 0.6 is 0 Å². The molecule has 0 unspecified atom stereocenters. The lowest BCUT2D eigenvalue weighted by Gasteiger charge is -2.41. The Morgan fingerprint density at radius 2 is 2.38 bits per heavy atom. The maximum atomic E-state index is 11.7. The molecule has 16 heavy (non-hydrogen) atoms. The van der Waals surface area contributed by atoms with E-state index in [9.17, 15) is 9.90 Å². The molecule has 0 atom stereocenters. The average molecular weight is 220 g/mol. The van der Waals surface area contributed by atoms with Crippen molar-refractivity contribution in [2.75, 3.05) is 6.61 Å². The van der Waals surface area contributed by atoms with Crippen molar-refractivity contribution in [2.45, 2.75) is 31.2 Å². The van der Waals surface area contributed by atoms with Gasteiger partial charge in [-0.15, -0.1) is 0 Å². The maximum Gasteiger partial charge on any atom is 0.224 e. The van der Waals surface area contributed by atoms with Gasteiger partial charge in [0.25, 0.3) is 0 Å². The molecule has 1 fully saturated rings. The van der Waals surface area contributed by atoms with Crippen LogP contribution in [0.5, 0.6) is 0 Å². The highest BCUT2D eigenvalue weighted by atomic mass is 16.3. The molecular weight excluding hydrogens is 204 g/mol. The summed E-state index contributed by atoms with van der Waals surface area (Å²) < 4.78 is 0. The van der Waals surface area contributed by atoms with Crippen molar-refractivity contribution in [3.63, 3.8) is 0 Å².